The lowest BCUT2D eigenvalue weighted by Gasteiger charge is -2.13. The molecule has 0 bridgehead atoms. The molecular formula is C20H22N2O2. The summed E-state index contributed by atoms with van der Waals surface area (Å²) in [5, 5.41) is 14.1. The van der Waals surface area contributed by atoms with Crippen LogP contribution in [0.4, 0.5) is 0 Å². The first-order valence-electron chi connectivity index (χ1n) is 8.19. The van der Waals surface area contributed by atoms with E-state index in [1.807, 2.05) is 61.7 Å². The maximum atomic E-state index is 12.0. The van der Waals surface area contributed by atoms with Crippen molar-refractivity contribution in [1.29, 1.82) is 0 Å². The minimum atomic E-state index is -0.679. The Bertz CT molecular complexity index is 821. The van der Waals surface area contributed by atoms with Crippen LogP contribution in [0, 0.1) is 6.92 Å². The number of para-hydroxylation sites is 1. The zero-order valence-electron chi connectivity index (χ0n) is 13.8. The lowest BCUT2D eigenvalue weighted by molar-refractivity contribution is -0.121. The van der Waals surface area contributed by atoms with Gasteiger partial charge in [-0.3, -0.25) is 4.79 Å². The van der Waals surface area contributed by atoms with Crippen molar-refractivity contribution >= 4 is 16.8 Å². The van der Waals surface area contributed by atoms with Gasteiger partial charge in [-0.25, -0.2) is 0 Å². The van der Waals surface area contributed by atoms with Crippen LogP contribution in [0.2, 0.25) is 0 Å². The first kappa shape index (κ1) is 16.3. The maximum absolute atomic E-state index is 12.0. The molecule has 0 aliphatic carbocycles. The van der Waals surface area contributed by atoms with Crippen molar-refractivity contribution < 1.29 is 9.90 Å². The second-order valence-electron chi connectivity index (χ2n) is 6.05. The lowest BCUT2D eigenvalue weighted by Crippen LogP contribution is -2.29. The summed E-state index contributed by atoms with van der Waals surface area (Å²) in [7, 11) is 0. The summed E-state index contributed by atoms with van der Waals surface area (Å²) >= 11 is 0. The fraction of sp³-hybridized carbons (Fsp3) is 0.250. The second kappa shape index (κ2) is 7.32. The highest BCUT2D eigenvalue weighted by atomic mass is 16.3. The van der Waals surface area contributed by atoms with Gasteiger partial charge in [0.05, 0.1) is 6.10 Å². The quantitative estimate of drug-likeness (QED) is 0.732. The standard InChI is InChI=1S/C20H22N2O2/c1-15-6-8-17(9-7-15)19(23)14-21-20(24)11-13-22-12-10-16-4-2-3-5-18(16)22/h2-10,12,19,23H,11,13-14H2,1H3,(H,21,24)/t19-/m0/s1. The number of nitrogens with zero attached hydrogens (tertiary/aromatic N) is 1. The molecule has 24 heavy (non-hydrogen) atoms. The lowest BCUT2D eigenvalue weighted by atomic mass is 10.1. The zero-order valence-corrected chi connectivity index (χ0v) is 13.8. The monoisotopic (exact) mass is 322 g/mol. The molecule has 1 atom stereocenters. The number of hydrogen-bond donors (Lipinski definition) is 2. The van der Waals surface area contributed by atoms with Crippen LogP contribution in [-0.4, -0.2) is 22.1 Å². The van der Waals surface area contributed by atoms with E-state index in [-0.39, 0.29) is 12.5 Å². The Morgan fingerprint density at radius 2 is 1.88 bits per heavy atom. The number of carbonyl (C=O) groups is 1. The van der Waals surface area contributed by atoms with Gasteiger partial charge < -0.3 is 15.0 Å². The van der Waals surface area contributed by atoms with Gasteiger partial charge in [0.2, 0.25) is 5.91 Å². The molecule has 3 rings (SSSR count). The topological polar surface area (TPSA) is 54.3 Å². The van der Waals surface area contributed by atoms with Crippen LogP contribution in [0.3, 0.4) is 0 Å². The predicted molar refractivity (Wildman–Crippen MR) is 95.7 cm³/mol. The van der Waals surface area contributed by atoms with Crippen molar-refractivity contribution in [3.05, 3.63) is 71.9 Å². The van der Waals surface area contributed by atoms with Crippen molar-refractivity contribution in [2.24, 2.45) is 0 Å². The number of aromatic nitrogens is 1. The molecule has 0 fully saturated rings. The van der Waals surface area contributed by atoms with Crippen molar-refractivity contribution in [1.82, 2.24) is 9.88 Å². The van der Waals surface area contributed by atoms with Gasteiger partial charge in [0.1, 0.15) is 0 Å². The van der Waals surface area contributed by atoms with Crippen LogP contribution in [0.25, 0.3) is 10.9 Å². The van der Waals surface area contributed by atoms with E-state index < -0.39 is 6.10 Å². The summed E-state index contributed by atoms with van der Waals surface area (Å²) in [6.45, 7) is 2.86. The number of hydrogen-bond acceptors (Lipinski definition) is 2. The van der Waals surface area contributed by atoms with E-state index in [0.29, 0.717) is 13.0 Å². The molecule has 2 N–H and O–H groups in total. The van der Waals surface area contributed by atoms with Gasteiger partial charge in [-0.2, -0.15) is 0 Å². The number of carbonyl (C=O) groups excluding carboxylic acids is 1. The van der Waals surface area contributed by atoms with Gasteiger partial charge in [-0.1, -0.05) is 48.0 Å². The highest BCUT2D eigenvalue weighted by Gasteiger charge is 2.10. The van der Waals surface area contributed by atoms with Gasteiger partial charge in [-0.15, -0.1) is 0 Å². The van der Waals surface area contributed by atoms with E-state index in [4.69, 9.17) is 0 Å². The molecule has 4 heteroatoms. The van der Waals surface area contributed by atoms with Gasteiger partial charge >= 0.3 is 0 Å². The summed E-state index contributed by atoms with van der Waals surface area (Å²) in [6, 6.07) is 17.8. The summed E-state index contributed by atoms with van der Waals surface area (Å²) < 4.78 is 2.07. The molecule has 2 aromatic carbocycles. The third kappa shape index (κ3) is 3.84. The van der Waals surface area contributed by atoms with E-state index in [1.54, 1.807) is 0 Å². The minimum Gasteiger partial charge on any atom is -0.387 e. The first-order valence-corrected chi connectivity index (χ1v) is 8.19. The molecule has 4 nitrogen and oxygen atoms in total. The molecule has 1 heterocycles. The fourth-order valence-electron chi connectivity index (χ4n) is 2.76. The molecular weight excluding hydrogens is 300 g/mol. The van der Waals surface area contributed by atoms with Crippen LogP contribution in [0.5, 0.6) is 0 Å². The Labute approximate surface area is 141 Å². The van der Waals surface area contributed by atoms with Crippen molar-refractivity contribution in [2.45, 2.75) is 26.0 Å². The predicted octanol–water partition coefficient (Wildman–Crippen LogP) is 3.19. The highest BCUT2D eigenvalue weighted by Crippen LogP contribution is 2.15. The number of aliphatic hydroxyl groups excluding tert-OH is 1. The summed E-state index contributed by atoms with van der Waals surface area (Å²) in [5.74, 6) is -0.0565. The largest absolute Gasteiger partial charge is 0.387 e. The Kier molecular flexibility index (Phi) is 4.96. The molecule has 0 aliphatic heterocycles. The Hall–Kier alpha value is -2.59. The molecule has 0 radical (unpaired) electrons. The van der Waals surface area contributed by atoms with E-state index >= 15 is 0 Å². The summed E-state index contributed by atoms with van der Waals surface area (Å²) in [5.41, 5.74) is 3.09. The molecule has 1 amide bonds. The second-order valence-corrected chi connectivity index (χ2v) is 6.05. The third-order valence-corrected chi connectivity index (χ3v) is 4.21. The van der Waals surface area contributed by atoms with Gasteiger partial charge in [0.15, 0.2) is 0 Å². The number of fused-ring (bicyclic) bond motifs is 1. The van der Waals surface area contributed by atoms with Gasteiger partial charge in [0.25, 0.3) is 0 Å². The van der Waals surface area contributed by atoms with Crippen LogP contribution >= 0.6 is 0 Å². The van der Waals surface area contributed by atoms with Crippen molar-refractivity contribution in [3.8, 4) is 0 Å². The molecule has 1 aromatic heterocycles. The number of rotatable bonds is 6. The average molecular weight is 322 g/mol. The van der Waals surface area contributed by atoms with Gasteiger partial charge in [0, 0.05) is 31.2 Å². The Balaban J connectivity index is 1.50. The first-order chi connectivity index (χ1) is 11.6. The molecule has 3 aromatic rings. The number of benzene rings is 2. The van der Waals surface area contributed by atoms with E-state index in [1.165, 1.54) is 5.39 Å². The maximum Gasteiger partial charge on any atom is 0.221 e. The molecule has 124 valence electrons. The van der Waals surface area contributed by atoms with Crippen LogP contribution < -0.4 is 5.32 Å². The molecule has 0 aliphatic rings. The van der Waals surface area contributed by atoms with Crippen LogP contribution in [-0.2, 0) is 11.3 Å². The van der Waals surface area contributed by atoms with Crippen molar-refractivity contribution in [2.75, 3.05) is 6.54 Å². The van der Waals surface area contributed by atoms with Crippen molar-refractivity contribution in [3.63, 3.8) is 0 Å². The summed E-state index contributed by atoms with van der Waals surface area (Å²) in [4.78, 5) is 12.0. The zero-order chi connectivity index (χ0) is 16.9. The van der Waals surface area contributed by atoms with E-state index in [2.05, 4.69) is 16.0 Å². The van der Waals surface area contributed by atoms with E-state index in [9.17, 15) is 9.90 Å². The normalized spacial score (nSPS) is 12.2. The SMILES string of the molecule is Cc1ccc([C@@H](O)CNC(=O)CCn2ccc3ccccc32)cc1. The smallest absolute Gasteiger partial charge is 0.221 e. The van der Waals surface area contributed by atoms with Crippen LogP contribution in [0.1, 0.15) is 23.7 Å². The minimum absolute atomic E-state index is 0.0565. The summed E-state index contributed by atoms with van der Waals surface area (Å²) in [6.07, 6.45) is 1.71. The van der Waals surface area contributed by atoms with Gasteiger partial charge in [-0.05, 0) is 30.0 Å². The average Bonchev–Trinajstić information content (AvgIpc) is 3.01. The highest BCUT2D eigenvalue weighted by molar-refractivity contribution is 5.80. The number of aliphatic hydroxyl groups is 1. The fourth-order valence-corrected chi connectivity index (χ4v) is 2.76. The molecule has 0 saturated heterocycles. The number of amides is 1. The third-order valence-electron chi connectivity index (χ3n) is 4.21. The Morgan fingerprint density at radius 3 is 2.67 bits per heavy atom. The molecule has 0 unspecified atom stereocenters. The molecule has 0 saturated carbocycles. The Morgan fingerprint density at radius 1 is 1.12 bits per heavy atom. The van der Waals surface area contributed by atoms with Crippen LogP contribution in [0.15, 0.2) is 60.8 Å². The number of nitrogens with one attached hydrogen (secondary N) is 1. The number of aryl methyl sites for hydroxylation is 2. The molecule has 0 spiro atoms. The van der Waals surface area contributed by atoms with E-state index in [0.717, 1.165) is 16.6 Å².